The SMILES string of the molecule is CCC1CCCCC1(O)C12CCC(CC1)C2. The zero-order chi connectivity index (χ0) is 11.2. The van der Waals surface area contributed by atoms with E-state index < -0.39 is 0 Å². The minimum Gasteiger partial charge on any atom is -0.389 e. The van der Waals surface area contributed by atoms with Gasteiger partial charge in [-0.2, -0.15) is 0 Å². The zero-order valence-corrected chi connectivity index (χ0v) is 10.7. The summed E-state index contributed by atoms with van der Waals surface area (Å²) in [4.78, 5) is 0. The zero-order valence-electron chi connectivity index (χ0n) is 10.7. The van der Waals surface area contributed by atoms with Crippen LogP contribution in [0.5, 0.6) is 0 Å². The molecule has 0 heterocycles. The van der Waals surface area contributed by atoms with Crippen LogP contribution < -0.4 is 0 Å². The van der Waals surface area contributed by atoms with Crippen LogP contribution in [-0.4, -0.2) is 10.7 Å². The Morgan fingerprint density at radius 2 is 1.81 bits per heavy atom. The van der Waals surface area contributed by atoms with Crippen molar-refractivity contribution in [3.8, 4) is 0 Å². The molecule has 2 atom stereocenters. The van der Waals surface area contributed by atoms with Gasteiger partial charge in [-0.05, 0) is 62.2 Å². The highest BCUT2D eigenvalue weighted by Gasteiger charge is 2.59. The van der Waals surface area contributed by atoms with Crippen LogP contribution >= 0.6 is 0 Å². The van der Waals surface area contributed by atoms with Crippen LogP contribution in [0.25, 0.3) is 0 Å². The Morgan fingerprint density at radius 3 is 2.38 bits per heavy atom. The van der Waals surface area contributed by atoms with E-state index in [4.69, 9.17) is 0 Å². The molecule has 0 radical (unpaired) electrons. The molecule has 1 N–H and O–H groups in total. The summed E-state index contributed by atoms with van der Waals surface area (Å²) in [6.45, 7) is 2.28. The Labute approximate surface area is 99.6 Å². The first kappa shape index (κ1) is 11.1. The summed E-state index contributed by atoms with van der Waals surface area (Å²) in [7, 11) is 0. The molecule has 3 aliphatic rings. The lowest BCUT2D eigenvalue weighted by molar-refractivity contribution is -0.145. The van der Waals surface area contributed by atoms with Crippen LogP contribution in [0.15, 0.2) is 0 Å². The summed E-state index contributed by atoms with van der Waals surface area (Å²) >= 11 is 0. The van der Waals surface area contributed by atoms with E-state index in [1.54, 1.807) is 0 Å². The number of hydrogen-bond acceptors (Lipinski definition) is 1. The van der Waals surface area contributed by atoms with Gasteiger partial charge < -0.3 is 5.11 Å². The molecule has 0 aromatic rings. The molecule has 0 saturated heterocycles. The maximum atomic E-state index is 11.3. The monoisotopic (exact) mass is 222 g/mol. The number of aliphatic hydroxyl groups is 1. The van der Waals surface area contributed by atoms with E-state index in [1.807, 2.05) is 0 Å². The predicted molar refractivity (Wildman–Crippen MR) is 66.2 cm³/mol. The first-order chi connectivity index (χ1) is 7.70. The average Bonchev–Trinajstić information content (AvgIpc) is 2.91. The van der Waals surface area contributed by atoms with E-state index in [0.29, 0.717) is 11.3 Å². The topological polar surface area (TPSA) is 20.2 Å². The van der Waals surface area contributed by atoms with Crippen molar-refractivity contribution < 1.29 is 5.11 Å². The fourth-order valence-corrected chi connectivity index (χ4v) is 5.27. The fraction of sp³-hybridized carbons (Fsp3) is 1.00. The molecule has 1 nitrogen and oxygen atoms in total. The molecule has 1 heteroatoms. The highest BCUT2D eigenvalue weighted by molar-refractivity contribution is 5.10. The van der Waals surface area contributed by atoms with Gasteiger partial charge in [0.05, 0.1) is 5.60 Å². The molecule has 3 saturated carbocycles. The van der Waals surface area contributed by atoms with Crippen LogP contribution in [0.3, 0.4) is 0 Å². The van der Waals surface area contributed by atoms with Gasteiger partial charge in [0.1, 0.15) is 0 Å². The average molecular weight is 222 g/mol. The van der Waals surface area contributed by atoms with E-state index in [0.717, 1.165) is 12.3 Å². The molecule has 0 aromatic carbocycles. The quantitative estimate of drug-likeness (QED) is 0.751. The minimum absolute atomic E-state index is 0.286. The van der Waals surface area contributed by atoms with Crippen LogP contribution in [-0.2, 0) is 0 Å². The standard InChI is InChI=1S/C15H26O/c1-2-13-5-3-4-8-15(13,16)14-9-6-12(11-14)7-10-14/h12-13,16H,2-11H2,1H3. The molecule has 2 bridgehead atoms. The van der Waals surface area contributed by atoms with Crippen molar-refractivity contribution >= 4 is 0 Å². The summed E-state index contributed by atoms with van der Waals surface area (Å²) in [6, 6.07) is 0. The van der Waals surface area contributed by atoms with E-state index in [2.05, 4.69) is 6.92 Å². The highest BCUT2D eigenvalue weighted by Crippen LogP contribution is 2.63. The van der Waals surface area contributed by atoms with Gasteiger partial charge in [0.25, 0.3) is 0 Å². The van der Waals surface area contributed by atoms with Gasteiger partial charge in [0.2, 0.25) is 0 Å². The second-order valence-electron chi connectivity index (χ2n) is 6.70. The lowest BCUT2D eigenvalue weighted by atomic mass is 9.58. The van der Waals surface area contributed by atoms with Crippen molar-refractivity contribution in [3.63, 3.8) is 0 Å². The third-order valence-corrected chi connectivity index (χ3v) is 6.19. The normalized spacial score (nSPS) is 52.1. The molecule has 0 aliphatic heterocycles. The number of rotatable bonds is 2. The van der Waals surface area contributed by atoms with Gasteiger partial charge >= 0.3 is 0 Å². The molecular weight excluding hydrogens is 196 g/mol. The first-order valence-electron chi connectivity index (χ1n) is 7.42. The molecule has 3 aliphatic carbocycles. The fourth-order valence-electron chi connectivity index (χ4n) is 5.27. The smallest absolute Gasteiger partial charge is 0.0731 e. The Balaban J connectivity index is 1.89. The maximum Gasteiger partial charge on any atom is 0.0731 e. The van der Waals surface area contributed by atoms with Crippen molar-refractivity contribution in [2.24, 2.45) is 17.3 Å². The van der Waals surface area contributed by atoms with E-state index in [-0.39, 0.29) is 5.60 Å². The van der Waals surface area contributed by atoms with Crippen molar-refractivity contribution in [2.45, 2.75) is 76.7 Å². The van der Waals surface area contributed by atoms with Crippen molar-refractivity contribution in [2.75, 3.05) is 0 Å². The van der Waals surface area contributed by atoms with E-state index in [1.165, 1.54) is 57.8 Å². The second-order valence-corrected chi connectivity index (χ2v) is 6.70. The molecule has 0 aromatic heterocycles. The first-order valence-corrected chi connectivity index (χ1v) is 7.42. The third kappa shape index (κ3) is 1.33. The molecule has 16 heavy (non-hydrogen) atoms. The Hall–Kier alpha value is -0.0400. The molecule has 92 valence electrons. The van der Waals surface area contributed by atoms with E-state index >= 15 is 0 Å². The number of hydrogen-bond donors (Lipinski definition) is 1. The van der Waals surface area contributed by atoms with E-state index in [9.17, 15) is 5.11 Å². The van der Waals surface area contributed by atoms with Crippen molar-refractivity contribution in [3.05, 3.63) is 0 Å². The highest BCUT2D eigenvalue weighted by atomic mass is 16.3. The van der Waals surface area contributed by atoms with Crippen LogP contribution in [0.4, 0.5) is 0 Å². The maximum absolute atomic E-state index is 11.3. The Kier molecular flexibility index (Phi) is 2.58. The summed E-state index contributed by atoms with van der Waals surface area (Å²) < 4.78 is 0. The molecule has 3 fully saturated rings. The van der Waals surface area contributed by atoms with Gasteiger partial charge in [-0.15, -0.1) is 0 Å². The van der Waals surface area contributed by atoms with Gasteiger partial charge in [-0.1, -0.05) is 26.2 Å². The largest absolute Gasteiger partial charge is 0.389 e. The Morgan fingerprint density at radius 1 is 1.06 bits per heavy atom. The molecule has 2 unspecified atom stereocenters. The van der Waals surface area contributed by atoms with Gasteiger partial charge in [0, 0.05) is 0 Å². The summed E-state index contributed by atoms with van der Waals surface area (Å²) in [5.41, 5.74) is 0.0595. The second kappa shape index (κ2) is 3.73. The van der Waals surface area contributed by atoms with Gasteiger partial charge in [-0.25, -0.2) is 0 Å². The number of fused-ring (bicyclic) bond motifs is 2. The summed E-state index contributed by atoms with van der Waals surface area (Å²) in [6.07, 6.45) is 13.0. The lowest BCUT2D eigenvalue weighted by Gasteiger charge is -2.51. The minimum atomic E-state index is -0.286. The Bertz CT molecular complexity index is 265. The van der Waals surface area contributed by atoms with Crippen LogP contribution in [0.2, 0.25) is 0 Å². The predicted octanol–water partition coefficient (Wildman–Crippen LogP) is 3.90. The molecule has 0 amide bonds. The van der Waals surface area contributed by atoms with Gasteiger partial charge in [-0.3, -0.25) is 0 Å². The lowest BCUT2D eigenvalue weighted by Crippen LogP contribution is -2.53. The summed E-state index contributed by atoms with van der Waals surface area (Å²) in [5, 5.41) is 11.3. The summed E-state index contributed by atoms with van der Waals surface area (Å²) in [5.74, 6) is 1.56. The van der Waals surface area contributed by atoms with Crippen molar-refractivity contribution in [1.29, 1.82) is 0 Å². The molecule has 0 spiro atoms. The van der Waals surface area contributed by atoms with Crippen LogP contribution in [0.1, 0.15) is 71.1 Å². The van der Waals surface area contributed by atoms with Crippen LogP contribution in [0, 0.1) is 17.3 Å². The van der Waals surface area contributed by atoms with Gasteiger partial charge in [0.15, 0.2) is 0 Å². The molecule has 3 rings (SSSR count). The van der Waals surface area contributed by atoms with Crippen molar-refractivity contribution in [1.82, 2.24) is 0 Å². The molecular formula is C15H26O. The third-order valence-electron chi connectivity index (χ3n) is 6.19.